The van der Waals surface area contributed by atoms with Gasteiger partial charge < -0.3 is 0 Å². The highest BCUT2D eigenvalue weighted by molar-refractivity contribution is 6.30. The van der Waals surface area contributed by atoms with E-state index in [1.54, 1.807) is 0 Å². The van der Waals surface area contributed by atoms with Crippen molar-refractivity contribution >= 4 is 23.3 Å². The number of nitrogens with zero attached hydrogens (tertiary/aromatic N) is 2. The SMILES string of the molecule is CCCCCCc1cc(CCCC)cc(N=CC(C)=Nc2cccc(CCCCCC)c2)c1. The van der Waals surface area contributed by atoms with E-state index in [0.717, 1.165) is 36.3 Å². The fraction of sp³-hybridized carbons (Fsp3) is 0.548. The lowest BCUT2D eigenvalue weighted by molar-refractivity contribution is 0.666. The van der Waals surface area contributed by atoms with Crippen molar-refractivity contribution in [3.8, 4) is 0 Å². The molecule has 0 radical (unpaired) electrons. The molecule has 0 N–H and O–H groups in total. The van der Waals surface area contributed by atoms with E-state index < -0.39 is 0 Å². The van der Waals surface area contributed by atoms with Crippen molar-refractivity contribution in [2.24, 2.45) is 9.98 Å². The molecule has 0 spiro atoms. The van der Waals surface area contributed by atoms with Crippen molar-refractivity contribution in [1.29, 1.82) is 0 Å². The summed E-state index contributed by atoms with van der Waals surface area (Å²) in [6.07, 6.45) is 18.2. The zero-order valence-electron chi connectivity index (χ0n) is 21.7. The first kappa shape index (κ1) is 27.0. The second-order valence-corrected chi connectivity index (χ2v) is 9.41. The van der Waals surface area contributed by atoms with Crippen molar-refractivity contribution in [3.05, 3.63) is 59.2 Å². The summed E-state index contributed by atoms with van der Waals surface area (Å²) in [4.78, 5) is 9.62. The average Bonchev–Trinajstić information content (AvgIpc) is 2.82. The van der Waals surface area contributed by atoms with E-state index in [9.17, 15) is 0 Å². The van der Waals surface area contributed by atoms with Crippen molar-refractivity contribution in [2.45, 2.75) is 111 Å². The maximum atomic E-state index is 4.81. The first-order chi connectivity index (χ1) is 16.1. The third-order valence-corrected chi connectivity index (χ3v) is 6.11. The van der Waals surface area contributed by atoms with Crippen LogP contribution in [0.15, 0.2) is 52.4 Å². The summed E-state index contributed by atoms with van der Waals surface area (Å²) in [5.74, 6) is 0. The van der Waals surface area contributed by atoms with Gasteiger partial charge in [0.15, 0.2) is 0 Å². The third-order valence-electron chi connectivity index (χ3n) is 6.11. The zero-order chi connectivity index (χ0) is 23.7. The molecular weight excluding hydrogens is 400 g/mol. The van der Waals surface area contributed by atoms with Crippen molar-refractivity contribution in [3.63, 3.8) is 0 Å². The summed E-state index contributed by atoms with van der Waals surface area (Å²) in [6, 6.07) is 15.6. The Labute approximate surface area is 203 Å². The minimum absolute atomic E-state index is 0.946. The topological polar surface area (TPSA) is 24.7 Å². The zero-order valence-corrected chi connectivity index (χ0v) is 21.7. The van der Waals surface area contributed by atoms with E-state index in [1.165, 1.54) is 80.9 Å². The lowest BCUT2D eigenvalue weighted by Gasteiger charge is -2.08. The molecule has 0 saturated heterocycles. The molecule has 2 heteroatoms. The van der Waals surface area contributed by atoms with Crippen LogP contribution in [0.1, 0.15) is 109 Å². The van der Waals surface area contributed by atoms with Crippen LogP contribution in [0, 0.1) is 0 Å². The Morgan fingerprint density at radius 3 is 1.85 bits per heavy atom. The van der Waals surface area contributed by atoms with Gasteiger partial charge in [0, 0.05) is 6.21 Å². The Hall–Kier alpha value is -2.22. The number of hydrogen-bond acceptors (Lipinski definition) is 2. The van der Waals surface area contributed by atoms with E-state index in [4.69, 9.17) is 9.98 Å². The number of rotatable bonds is 16. The van der Waals surface area contributed by atoms with Crippen molar-refractivity contribution < 1.29 is 0 Å². The van der Waals surface area contributed by atoms with Crippen LogP contribution in [0.4, 0.5) is 11.4 Å². The quantitative estimate of drug-likeness (QED) is 0.181. The van der Waals surface area contributed by atoms with Gasteiger partial charge in [-0.25, -0.2) is 0 Å². The standard InChI is InChI=1S/C31H46N2/c1-5-8-11-13-17-27-19-15-20-30(22-27)33-26(4)25-32-31-23-28(16-10-7-3)21-29(24-31)18-14-12-9-6-2/h15,19-25H,5-14,16-18H2,1-4H3. The number of aliphatic imine (C=N–C) groups is 2. The molecular formula is C31H46N2. The van der Waals surface area contributed by atoms with E-state index in [1.807, 2.05) is 13.1 Å². The first-order valence-electron chi connectivity index (χ1n) is 13.5. The summed E-state index contributed by atoms with van der Waals surface area (Å²) in [7, 11) is 0. The molecule has 2 aromatic rings. The maximum absolute atomic E-state index is 4.81. The fourth-order valence-corrected chi connectivity index (χ4v) is 4.18. The maximum Gasteiger partial charge on any atom is 0.0636 e. The molecule has 0 amide bonds. The molecule has 0 atom stereocenters. The molecule has 0 unspecified atom stereocenters. The van der Waals surface area contributed by atoms with Gasteiger partial charge in [0.25, 0.3) is 0 Å². The molecule has 0 aliphatic rings. The van der Waals surface area contributed by atoms with E-state index in [2.05, 4.69) is 63.2 Å². The van der Waals surface area contributed by atoms with Gasteiger partial charge in [0.05, 0.1) is 17.1 Å². The van der Waals surface area contributed by atoms with Gasteiger partial charge >= 0.3 is 0 Å². The van der Waals surface area contributed by atoms with Gasteiger partial charge in [-0.2, -0.15) is 0 Å². The van der Waals surface area contributed by atoms with Crippen LogP contribution in [0.3, 0.4) is 0 Å². The van der Waals surface area contributed by atoms with Crippen LogP contribution in [-0.2, 0) is 19.3 Å². The molecule has 0 heterocycles. The second-order valence-electron chi connectivity index (χ2n) is 9.41. The van der Waals surface area contributed by atoms with Crippen molar-refractivity contribution in [1.82, 2.24) is 0 Å². The molecule has 2 rings (SSSR count). The minimum atomic E-state index is 0.946. The predicted molar refractivity (Wildman–Crippen MR) is 148 cm³/mol. The molecule has 0 bridgehead atoms. The molecule has 180 valence electrons. The summed E-state index contributed by atoms with van der Waals surface area (Å²) < 4.78 is 0. The highest BCUT2D eigenvalue weighted by Gasteiger charge is 2.02. The molecule has 0 fully saturated rings. The Balaban J connectivity index is 2.06. The fourth-order valence-electron chi connectivity index (χ4n) is 4.18. The molecule has 0 saturated carbocycles. The number of hydrogen-bond donors (Lipinski definition) is 0. The van der Waals surface area contributed by atoms with Crippen LogP contribution in [0.2, 0.25) is 0 Å². The van der Waals surface area contributed by atoms with Crippen LogP contribution >= 0.6 is 0 Å². The molecule has 2 nitrogen and oxygen atoms in total. The highest BCUT2D eigenvalue weighted by Crippen LogP contribution is 2.22. The molecule has 0 aliphatic heterocycles. The Kier molecular flexibility index (Phi) is 13.4. The predicted octanol–water partition coefficient (Wildman–Crippen LogP) is 9.77. The summed E-state index contributed by atoms with van der Waals surface area (Å²) in [5.41, 5.74) is 7.27. The van der Waals surface area contributed by atoms with Crippen LogP contribution in [-0.4, -0.2) is 11.9 Å². The number of benzene rings is 2. The van der Waals surface area contributed by atoms with Crippen LogP contribution < -0.4 is 0 Å². The average molecular weight is 447 g/mol. The van der Waals surface area contributed by atoms with Gasteiger partial charge in [-0.15, -0.1) is 0 Å². The monoisotopic (exact) mass is 446 g/mol. The molecule has 33 heavy (non-hydrogen) atoms. The molecule has 0 aromatic heterocycles. The Bertz CT molecular complexity index is 863. The van der Waals surface area contributed by atoms with Gasteiger partial charge in [-0.05, 0) is 86.4 Å². The smallest absolute Gasteiger partial charge is 0.0636 e. The van der Waals surface area contributed by atoms with Gasteiger partial charge in [0.2, 0.25) is 0 Å². The second kappa shape index (κ2) is 16.4. The van der Waals surface area contributed by atoms with Gasteiger partial charge in [-0.1, -0.05) is 83.9 Å². The third kappa shape index (κ3) is 11.5. The van der Waals surface area contributed by atoms with Crippen LogP contribution in [0.25, 0.3) is 0 Å². The highest BCUT2D eigenvalue weighted by atomic mass is 14.8. The minimum Gasteiger partial charge on any atom is -0.255 e. The Morgan fingerprint density at radius 2 is 1.21 bits per heavy atom. The van der Waals surface area contributed by atoms with E-state index in [-0.39, 0.29) is 0 Å². The van der Waals surface area contributed by atoms with Crippen molar-refractivity contribution in [2.75, 3.05) is 0 Å². The van der Waals surface area contributed by atoms with Gasteiger partial charge in [-0.3, -0.25) is 9.98 Å². The van der Waals surface area contributed by atoms with E-state index >= 15 is 0 Å². The molecule has 2 aromatic carbocycles. The largest absolute Gasteiger partial charge is 0.255 e. The summed E-state index contributed by atoms with van der Waals surface area (Å²) in [6.45, 7) is 8.83. The summed E-state index contributed by atoms with van der Waals surface area (Å²) >= 11 is 0. The molecule has 0 aliphatic carbocycles. The first-order valence-corrected chi connectivity index (χ1v) is 13.5. The summed E-state index contributed by atoms with van der Waals surface area (Å²) in [5, 5.41) is 0. The van der Waals surface area contributed by atoms with E-state index in [0.29, 0.717) is 0 Å². The lowest BCUT2D eigenvalue weighted by atomic mass is 10.0. The number of unbranched alkanes of at least 4 members (excludes halogenated alkanes) is 7. The van der Waals surface area contributed by atoms with Crippen LogP contribution in [0.5, 0.6) is 0 Å². The normalized spacial score (nSPS) is 12.1. The lowest BCUT2D eigenvalue weighted by Crippen LogP contribution is -1.94. The number of aryl methyl sites for hydroxylation is 3. The van der Waals surface area contributed by atoms with Gasteiger partial charge in [0.1, 0.15) is 0 Å². The Morgan fingerprint density at radius 1 is 0.636 bits per heavy atom.